The average Bonchev–Trinajstić information content (AvgIpc) is 3.89. The predicted molar refractivity (Wildman–Crippen MR) is 161 cm³/mol. The molecule has 236 valence electrons. The maximum Gasteiger partial charge on any atom is 0.256 e. The van der Waals surface area contributed by atoms with E-state index in [-0.39, 0.29) is 31.6 Å². The Morgan fingerprint density at radius 3 is 1.40 bits per heavy atom. The topological polar surface area (TPSA) is 112 Å². The number of hydrogen-bond donors (Lipinski definition) is 0. The highest BCUT2D eigenvalue weighted by Gasteiger charge is 2.25. The number of aromatic nitrogens is 4. The Morgan fingerprint density at radius 1 is 0.562 bits per heavy atom. The van der Waals surface area contributed by atoms with Gasteiger partial charge in [-0.05, 0) is 59.3 Å². The fourth-order valence-corrected chi connectivity index (χ4v) is 6.49. The molecular weight excluding hydrogens is 682 g/mol. The van der Waals surface area contributed by atoms with Gasteiger partial charge in [-0.2, -0.15) is 0 Å². The molecule has 0 spiro atoms. The van der Waals surface area contributed by atoms with E-state index in [0.717, 1.165) is 47.2 Å². The summed E-state index contributed by atoms with van der Waals surface area (Å²) >= 11 is 1.67. The highest BCUT2D eigenvalue weighted by molar-refractivity contribution is 7.17. The molecule has 4 aromatic carbocycles. The Balaban J connectivity index is 1.08. The summed E-state index contributed by atoms with van der Waals surface area (Å²) in [7, 11) is 0. The van der Waals surface area contributed by atoms with Crippen LogP contribution in [0.3, 0.4) is 0 Å². The van der Waals surface area contributed by atoms with Crippen molar-refractivity contribution in [1.29, 1.82) is 0 Å². The number of rotatable bonds is 6. The van der Waals surface area contributed by atoms with Crippen LogP contribution in [-0.2, 0) is 0 Å². The molecule has 4 heterocycles. The maximum absolute atomic E-state index is 14.2. The number of halogens is 6. The van der Waals surface area contributed by atoms with Gasteiger partial charge < -0.3 is 8.83 Å². The molecule has 0 aliphatic heterocycles. The van der Waals surface area contributed by atoms with E-state index in [4.69, 9.17) is 8.83 Å². The van der Waals surface area contributed by atoms with E-state index in [2.05, 4.69) is 19.9 Å². The molecule has 16 heteroatoms. The lowest BCUT2D eigenvalue weighted by atomic mass is 10.1. The van der Waals surface area contributed by atoms with E-state index in [1.165, 1.54) is 0 Å². The van der Waals surface area contributed by atoms with Crippen LogP contribution in [-0.4, -0.2) is 31.5 Å². The van der Waals surface area contributed by atoms with Crippen molar-refractivity contribution < 1.29 is 44.8 Å². The lowest BCUT2D eigenvalue weighted by Gasteiger charge is -2.01. The van der Waals surface area contributed by atoms with Gasteiger partial charge in [0.15, 0.2) is 56.1 Å². The Bertz CT molecular complexity index is 2420. The highest BCUT2D eigenvalue weighted by Crippen LogP contribution is 2.35. The zero-order valence-corrected chi connectivity index (χ0v) is 24.9. The summed E-state index contributed by atoms with van der Waals surface area (Å²) in [6.45, 7) is 0. The average molecular weight is 693 g/mol. The van der Waals surface area contributed by atoms with Crippen molar-refractivity contribution in [2.45, 2.75) is 0 Å². The Kier molecular flexibility index (Phi) is 6.74. The quantitative estimate of drug-likeness (QED) is 0.0967. The van der Waals surface area contributed by atoms with Gasteiger partial charge in [0.2, 0.25) is 11.6 Å². The van der Waals surface area contributed by atoms with Crippen LogP contribution in [0, 0.1) is 34.9 Å². The molecule has 0 radical (unpaired) electrons. The summed E-state index contributed by atoms with van der Waals surface area (Å²) in [6, 6.07) is 9.85. The minimum atomic E-state index is -1.75. The molecular formula is C32H10F6N4O4S2. The van der Waals surface area contributed by atoms with Gasteiger partial charge in [0.1, 0.15) is 11.0 Å². The number of hydrogen-bond acceptors (Lipinski definition) is 10. The molecule has 4 aromatic heterocycles. The van der Waals surface area contributed by atoms with Crippen molar-refractivity contribution in [2.24, 2.45) is 0 Å². The maximum atomic E-state index is 14.2. The summed E-state index contributed by atoms with van der Waals surface area (Å²) < 4.78 is 94.0. The molecule has 0 aliphatic rings. The van der Waals surface area contributed by atoms with E-state index in [0.29, 0.717) is 45.1 Å². The molecule has 0 saturated heterocycles. The number of nitrogens with zero attached hydrogens (tertiary/aromatic N) is 4. The molecule has 0 unspecified atom stereocenters. The Morgan fingerprint density at radius 2 is 0.979 bits per heavy atom. The normalized spacial score (nSPS) is 11.7. The van der Waals surface area contributed by atoms with Gasteiger partial charge in [-0.3, -0.25) is 9.59 Å². The van der Waals surface area contributed by atoms with Gasteiger partial charge in [0.25, 0.3) is 11.8 Å². The number of carbonyl (C=O) groups is 2. The lowest BCUT2D eigenvalue weighted by Crippen LogP contribution is -2.05. The summed E-state index contributed by atoms with van der Waals surface area (Å²) in [6.07, 6.45) is 2.32. The third-order valence-corrected chi connectivity index (χ3v) is 9.21. The molecule has 0 N–H and O–H groups in total. The van der Waals surface area contributed by atoms with Crippen LogP contribution >= 0.6 is 22.7 Å². The van der Waals surface area contributed by atoms with Gasteiger partial charge in [0.05, 0.1) is 33.3 Å². The fourth-order valence-electron chi connectivity index (χ4n) is 4.90. The standard InChI is InChI=1S/C32H10F6N4O4S2/c33-15-3-1-13(23(35)25(15)37)27(43)21-9-39-31(47-21)29-41-17-5-11-8-20-18(6-12(11)7-19(17)45-29)42-30(46-20)32-40-10-22(48-32)28(44)14-2-4-16(34)26(38)24(14)36/h1-10H. The Labute approximate surface area is 269 Å². The van der Waals surface area contributed by atoms with E-state index in [1.54, 1.807) is 24.3 Å². The second-order valence-corrected chi connectivity index (χ2v) is 12.2. The van der Waals surface area contributed by atoms with Crippen LogP contribution in [0.4, 0.5) is 26.3 Å². The van der Waals surface area contributed by atoms with Gasteiger partial charge >= 0.3 is 0 Å². The molecule has 0 atom stereocenters. The first kappa shape index (κ1) is 29.6. The van der Waals surface area contributed by atoms with Crippen molar-refractivity contribution in [2.75, 3.05) is 0 Å². The van der Waals surface area contributed by atoms with Crippen molar-refractivity contribution in [1.82, 2.24) is 19.9 Å². The van der Waals surface area contributed by atoms with Crippen molar-refractivity contribution >= 4 is 67.2 Å². The van der Waals surface area contributed by atoms with Crippen molar-refractivity contribution in [3.8, 4) is 21.8 Å². The lowest BCUT2D eigenvalue weighted by molar-refractivity contribution is 0.102. The first-order valence-corrected chi connectivity index (χ1v) is 15.1. The third kappa shape index (κ3) is 4.75. The van der Waals surface area contributed by atoms with E-state index in [1.807, 2.05) is 0 Å². The van der Waals surface area contributed by atoms with Crippen molar-refractivity contribution in [3.05, 3.63) is 117 Å². The van der Waals surface area contributed by atoms with Gasteiger partial charge in [-0.25, -0.2) is 46.3 Å². The summed E-state index contributed by atoms with van der Waals surface area (Å²) in [5.41, 5.74) is 0.299. The summed E-state index contributed by atoms with van der Waals surface area (Å²) in [5, 5.41) is 1.75. The molecule has 0 amide bonds. The third-order valence-electron chi connectivity index (χ3n) is 7.24. The molecule has 0 saturated carbocycles. The van der Waals surface area contributed by atoms with E-state index >= 15 is 0 Å². The molecule has 48 heavy (non-hydrogen) atoms. The number of carbonyl (C=O) groups excluding carboxylic acids is 2. The molecule has 0 aliphatic carbocycles. The fraction of sp³-hybridized carbons (Fsp3) is 0. The number of benzene rings is 4. The minimum Gasteiger partial charge on any atom is -0.434 e. The van der Waals surface area contributed by atoms with E-state index in [9.17, 15) is 35.9 Å². The SMILES string of the molecule is O=C(c1cnc(-c2nc3cc4cc5oc(-c6ncc(C(=O)c7ccc(F)c(F)c7F)s6)nc5cc4cc3o2)s1)c1ccc(F)c(F)c1F. The number of thiazole rings is 2. The zero-order valence-electron chi connectivity index (χ0n) is 23.3. The van der Waals surface area contributed by atoms with Gasteiger partial charge in [0, 0.05) is 0 Å². The molecule has 0 fully saturated rings. The van der Waals surface area contributed by atoms with Crippen LogP contribution < -0.4 is 0 Å². The van der Waals surface area contributed by atoms with Gasteiger partial charge in [-0.1, -0.05) is 0 Å². The second-order valence-electron chi connectivity index (χ2n) is 10.2. The minimum absolute atomic E-state index is 0.0437. The monoisotopic (exact) mass is 692 g/mol. The molecule has 8 aromatic rings. The largest absolute Gasteiger partial charge is 0.434 e. The zero-order chi connectivity index (χ0) is 33.4. The van der Waals surface area contributed by atoms with Gasteiger partial charge in [-0.15, -0.1) is 22.7 Å². The van der Waals surface area contributed by atoms with Crippen LogP contribution in [0.1, 0.15) is 30.5 Å². The van der Waals surface area contributed by atoms with E-state index < -0.39 is 57.6 Å². The smallest absolute Gasteiger partial charge is 0.256 e. The number of oxazole rings is 2. The van der Waals surface area contributed by atoms with Crippen LogP contribution in [0.5, 0.6) is 0 Å². The first-order chi connectivity index (χ1) is 23.0. The summed E-state index contributed by atoms with van der Waals surface area (Å²) in [4.78, 5) is 42.6. The number of fused-ring (bicyclic) bond motifs is 3. The van der Waals surface area contributed by atoms with Crippen LogP contribution in [0.25, 0.3) is 54.8 Å². The predicted octanol–water partition coefficient (Wildman–Crippen LogP) is 8.67. The molecule has 0 bridgehead atoms. The summed E-state index contributed by atoms with van der Waals surface area (Å²) in [5.74, 6) is -11.2. The highest BCUT2D eigenvalue weighted by atomic mass is 32.1. The molecule has 8 nitrogen and oxygen atoms in total. The number of ketones is 2. The second kappa shape index (κ2) is 10.9. The van der Waals surface area contributed by atoms with Crippen LogP contribution in [0.2, 0.25) is 0 Å². The van der Waals surface area contributed by atoms with Crippen LogP contribution in [0.15, 0.2) is 69.8 Å². The Hall–Kier alpha value is -5.74. The molecule has 8 rings (SSSR count). The first-order valence-electron chi connectivity index (χ1n) is 13.5. The van der Waals surface area contributed by atoms with Crippen molar-refractivity contribution in [3.63, 3.8) is 0 Å².